The van der Waals surface area contributed by atoms with Crippen LogP contribution in [-0.2, 0) is 15.0 Å². The molecule has 0 aliphatic rings. The zero-order valence-corrected chi connectivity index (χ0v) is 19.4. The predicted molar refractivity (Wildman–Crippen MR) is 122 cm³/mol. The summed E-state index contributed by atoms with van der Waals surface area (Å²) in [5.41, 5.74) is 6.00. The first-order valence-electron chi connectivity index (χ1n) is 9.14. The maximum absolute atomic E-state index is 11.9. The van der Waals surface area contributed by atoms with Crippen molar-refractivity contribution in [3.05, 3.63) is 58.6 Å². The lowest BCUT2D eigenvalue weighted by Crippen LogP contribution is -2.50. The molecule has 0 radical (unpaired) electrons. The van der Waals surface area contributed by atoms with E-state index in [9.17, 15) is 9.59 Å². The molecule has 2 amide bonds. The quantitative estimate of drug-likeness (QED) is 0.422. The summed E-state index contributed by atoms with van der Waals surface area (Å²) in [6.45, 7) is 5.94. The van der Waals surface area contributed by atoms with Gasteiger partial charge in [0, 0.05) is 4.47 Å². The van der Waals surface area contributed by atoms with E-state index in [1.165, 1.54) is 5.56 Å². The summed E-state index contributed by atoms with van der Waals surface area (Å²) in [6.07, 6.45) is 0. The van der Waals surface area contributed by atoms with Crippen molar-refractivity contribution in [3.63, 3.8) is 0 Å². The number of carbonyl (C=O) groups excluding carboxylic acids is 2. The van der Waals surface area contributed by atoms with Crippen LogP contribution in [0.1, 0.15) is 26.3 Å². The molecule has 7 nitrogen and oxygen atoms in total. The lowest BCUT2D eigenvalue weighted by molar-refractivity contribution is -0.124. The van der Waals surface area contributed by atoms with E-state index < -0.39 is 11.8 Å². The zero-order valence-electron chi connectivity index (χ0n) is 17.0. The topological polar surface area (TPSA) is 88.7 Å². The number of halogens is 1. The van der Waals surface area contributed by atoms with Crippen molar-refractivity contribution in [2.45, 2.75) is 26.2 Å². The number of hydrogen-bond acceptors (Lipinski definition) is 5. The molecule has 0 bridgehead atoms. The molecule has 0 unspecified atom stereocenters. The van der Waals surface area contributed by atoms with E-state index in [1.807, 2.05) is 24.3 Å². The van der Waals surface area contributed by atoms with E-state index in [2.05, 4.69) is 52.9 Å². The van der Waals surface area contributed by atoms with E-state index in [0.29, 0.717) is 11.5 Å². The summed E-state index contributed by atoms with van der Waals surface area (Å²) in [6, 6.07) is 14.6. The molecule has 0 heterocycles. The van der Waals surface area contributed by atoms with Crippen molar-refractivity contribution in [1.29, 1.82) is 0 Å². The van der Waals surface area contributed by atoms with Crippen molar-refractivity contribution < 1.29 is 19.1 Å². The van der Waals surface area contributed by atoms with Crippen LogP contribution in [-0.4, -0.2) is 30.1 Å². The summed E-state index contributed by atoms with van der Waals surface area (Å²) in [5.74, 6) is 0.227. The summed E-state index contributed by atoms with van der Waals surface area (Å²) >= 11 is 8.29. The standard InChI is InChI=1S/C21H24BrN3O4S/c1-21(2,3)14-4-8-16(9-5-14)28-12-18(26)23-20(30)25-24-19(27)13-29-17-10-6-15(22)7-11-17/h4-11H,12-13H2,1-3H3,(H,24,27)(H2,23,25,26,30). The van der Waals surface area contributed by atoms with Gasteiger partial charge in [-0.3, -0.25) is 25.8 Å². The van der Waals surface area contributed by atoms with Crippen LogP contribution < -0.4 is 25.6 Å². The highest BCUT2D eigenvalue weighted by molar-refractivity contribution is 9.10. The summed E-state index contributed by atoms with van der Waals surface area (Å²) < 4.78 is 11.7. The number of rotatable bonds is 6. The fourth-order valence-electron chi connectivity index (χ4n) is 2.24. The first-order valence-corrected chi connectivity index (χ1v) is 10.3. The Hall–Kier alpha value is -2.65. The number of ether oxygens (including phenoxy) is 2. The highest BCUT2D eigenvalue weighted by Gasteiger charge is 2.13. The van der Waals surface area contributed by atoms with Crippen LogP contribution in [0.2, 0.25) is 0 Å². The number of carbonyl (C=O) groups is 2. The molecular formula is C21H24BrN3O4S. The number of amides is 2. The molecule has 2 aromatic carbocycles. The van der Waals surface area contributed by atoms with Crippen LogP contribution >= 0.6 is 28.1 Å². The van der Waals surface area contributed by atoms with Crippen LogP contribution in [0.15, 0.2) is 53.0 Å². The average Bonchev–Trinajstić information content (AvgIpc) is 2.70. The van der Waals surface area contributed by atoms with Crippen molar-refractivity contribution in [2.24, 2.45) is 0 Å². The number of hydrogen-bond donors (Lipinski definition) is 3. The van der Waals surface area contributed by atoms with Gasteiger partial charge in [0.1, 0.15) is 11.5 Å². The van der Waals surface area contributed by atoms with Crippen molar-refractivity contribution in [2.75, 3.05) is 13.2 Å². The van der Waals surface area contributed by atoms with Gasteiger partial charge < -0.3 is 9.47 Å². The van der Waals surface area contributed by atoms with Crippen molar-refractivity contribution in [1.82, 2.24) is 16.2 Å². The number of hydrazine groups is 1. The second-order valence-electron chi connectivity index (χ2n) is 7.36. The van der Waals surface area contributed by atoms with Crippen LogP contribution in [0, 0.1) is 0 Å². The molecule has 0 saturated carbocycles. The normalized spacial score (nSPS) is 10.7. The Morgan fingerprint density at radius 1 is 0.867 bits per heavy atom. The van der Waals surface area contributed by atoms with E-state index in [1.54, 1.807) is 24.3 Å². The Kier molecular flexibility index (Phi) is 8.61. The van der Waals surface area contributed by atoms with Gasteiger partial charge in [-0.1, -0.05) is 48.8 Å². The summed E-state index contributed by atoms with van der Waals surface area (Å²) in [7, 11) is 0. The molecule has 30 heavy (non-hydrogen) atoms. The van der Waals surface area contributed by atoms with Gasteiger partial charge in [-0.15, -0.1) is 0 Å². The average molecular weight is 494 g/mol. The molecule has 0 aromatic heterocycles. The Morgan fingerprint density at radius 3 is 1.90 bits per heavy atom. The Morgan fingerprint density at radius 2 is 1.37 bits per heavy atom. The third kappa shape index (κ3) is 8.38. The summed E-state index contributed by atoms with van der Waals surface area (Å²) in [4.78, 5) is 23.7. The number of thiocarbonyl (C=S) groups is 1. The minimum Gasteiger partial charge on any atom is -0.484 e. The molecule has 2 aromatic rings. The lowest BCUT2D eigenvalue weighted by Gasteiger charge is -2.19. The zero-order chi connectivity index (χ0) is 22.1. The molecule has 0 atom stereocenters. The van der Waals surface area contributed by atoms with Gasteiger partial charge in [0.05, 0.1) is 0 Å². The molecular weight excluding hydrogens is 470 g/mol. The lowest BCUT2D eigenvalue weighted by atomic mass is 9.87. The summed E-state index contributed by atoms with van der Waals surface area (Å²) in [5, 5.41) is 2.36. The highest BCUT2D eigenvalue weighted by Crippen LogP contribution is 2.24. The number of benzene rings is 2. The predicted octanol–water partition coefficient (Wildman–Crippen LogP) is 3.23. The molecule has 0 saturated heterocycles. The first-order chi connectivity index (χ1) is 14.1. The molecule has 160 valence electrons. The van der Waals surface area contributed by atoms with Gasteiger partial charge in [0.2, 0.25) is 0 Å². The fraction of sp³-hybridized carbons (Fsp3) is 0.286. The largest absolute Gasteiger partial charge is 0.484 e. The minimum absolute atomic E-state index is 0.0431. The first kappa shape index (κ1) is 23.6. The Labute approximate surface area is 189 Å². The second-order valence-corrected chi connectivity index (χ2v) is 8.68. The van der Waals surface area contributed by atoms with Crippen LogP contribution in [0.4, 0.5) is 0 Å². The van der Waals surface area contributed by atoms with Gasteiger partial charge in [0.15, 0.2) is 18.3 Å². The van der Waals surface area contributed by atoms with E-state index in [0.717, 1.165) is 4.47 Å². The molecule has 0 spiro atoms. The molecule has 0 aliphatic carbocycles. The third-order valence-corrected chi connectivity index (χ3v) is 4.58. The molecule has 2 rings (SSSR count). The number of nitrogens with one attached hydrogen (secondary N) is 3. The minimum atomic E-state index is -0.454. The van der Waals surface area contributed by atoms with Crippen molar-refractivity contribution in [3.8, 4) is 11.5 Å². The SMILES string of the molecule is CC(C)(C)c1ccc(OCC(=O)NC(=S)NNC(=O)COc2ccc(Br)cc2)cc1. The Bertz CT molecular complexity index is 881. The molecule has 0 fully saturated rings. The van der Waals surface area contributed by atoms with Gasteiger partial charge in [0.25, 0.3) is 11.8 Å². The van der Waals surface area contributed by atoms with Crippen LogP contribution in [0.3, 0.4) is 0 Å². The van der Waals surface area contributed by atoms with Gasteiger partial charge in [-0.05, 0) is 59.6 Å². The van der Waals surface area contributed by atoms with E-state index in [4.69, 9.17) is 21.7 Å². The maximum Gasteiger partial charge on any atom is 0.276 e. The maximum atomic E-state index is 11.9. The van der Waals surface area contributed by atoms with E-state index >= 15 is 0 Å². The molecule has 0 aliphatic heterocycles. The van der Waals surface area contributed by atoms with Gasteiger partial charge >= 0.3 is 0 Å². The van der Waals surface area contributed by atoms with Crippen LogP contribution in [0.25, 0.3) is 0 Å². The Balaban J connectivity index is 1.65. The molecule has 9 heteroatoms. The highest BCUT2D eigenvalue weighted by atomic mass is 79.9. The van der Waals surface area contributed by atoms with Crippen molar-refractivity contribution >= 4 is 45.1 Å². The van der Waals surface area contributed by atoms with E-state index in [-0.39, 0.29) is 23.7 Å². The molecule has 3 N–H and O–H groups in total. The van der Waals surface area contributed by atoms with Crippen LogP contribution in [0.5, 0.6) is 11.5 Å². The monoisotopic (exact) mass is 493 g/mol. The van der Waals surface area contributed by atoms with Gasteiger partial charge in [-0.2, -0.15) is 0 Å². The fourth-order valence-corrected chi connectivity index (χ4v) is 2.67. The second kappa shape index (κ2) is 10.9. The smallest absolute Gasteiger partial charge is 0.276 e. The van der Waals surface area contributed by atoms with Gasteiger partial charge in [-0.25, -0.2) is 0 Å². The third-order valence-electron chi connectivity index (χ3n) is 3.84.